The Morgan fingerprint density at radius 2 is 1.85 bits per heavy atom. The second-order valence-electron chi connectivity index (χ2n) is 7.22. The number of rotatable bonds is 3. The molecule has 2 fully saturated rings. The standard InChI is InChI=1S/C18H22N2O5S2/c1-13-15(16(21)19-8-2-3-9-19)18(25-17(13)22)6-10-20(11-7-18)27(23,24)14-5-4-12-26-14/h4-5,12H,2-3,6-11H2,1H3. The fraction of sp³-hybridized carbons (Fsp3) is 0.556. The molecule has 0 aromatic carbocycles. The van der Waals surface area contributed by atoms with Crippen LogP contribution in [-0.4, -0.2) is 61.3 Å². The summed E-state index contributed by atoms with van der Waals surface area (Å²) < 4.78 is 32.9. The number of hydrogen-bond donors (Lipinski definition) is 0. The lowest BCUT2D eigenvalue weighted by Gasteiger charge is -2.39. The van der Waals surface area contributed by atoms with E-state index in [-0.39, 0.29) is 19.0 Å². The molecule has 0 aliphatic carbocycles. The summed E-state index contributed by atoms with van der Waals surface area (Å²) in [6, 6.07) is 3.30. The van der Waals surface area contributed by atoms with Gasteiger partial charge >= 0.3 is 5.97 Å². The lowest BCUT2D eigenvalue weighted by Crippen LogP contribution is -2.50. The van der Waals surface area contributed by atoms with Crippen LogP contribution in [0.5, 0.6) is 0 Å². The van der Waals surface area contributed by atoms with Gasteiger partial charge in [0.1, 0.15) is 9.81 Å². The highest BCUT2D eigenvalue weighted by Crippen LogP contribution is 2.43. The molecule has 27 heavy (non-hydrogen) atoms. The first kappa shape index (κ1) is 18.6. The second kappa shape index (κ2) is 6.72. The first-order valence-corrected chi connectivity index (χ1v) is 11.4. The summed E-state index contributed by atoms with van der Waals surface area (Å²) in [6.45, 7) is 3.46. The topological polar surface area (TPSA) is 84.0 Å². The number of carbonyl (C=O) groups excluding carboxylic acids is 2. The Morgan fingerprint density at radius 3 is 2.44 bits per heavy atom. The van der Waals surface area contributed by atoms with Gasteiger partial charge in [-0.15, -0.1) is 11.3 Å². The van der Waals surface area contributed by atoms with Crippen molar-refractivity contribution in [1.29, 1.82) is 0 Å². The highest BCUT2D eigenvalue weighted by Gasteiger charge is 2.53. The average molecular weight is 411 g/mol. The summed E-state index contributed by atoms with van der Waals surface area (Å²) in [7, 11) is -3.55. The number of piperidine rings is 1. The third kappa shape index (κ3) is 3.01. The van der Waals surface area contributed by atoms with E-state index in [9.17, 15) is 18.0 Å². The molecule has 0 unspecified atom stereocenters. The summed E-state index contributed by atoms with van der Waals surface area (Å²) in [5.41, 5.74) is -0.202. The number of nitrogens with zero attached hydrogens (tertiary/aromatic N) is 2. The lowest BCUT2D eigenvalue weighted by molar-refractivity contribution is -0.150. The van der Waals surface area contributed by atoms with Crippen molar-refractivity contribution in [2.45, 2.75) is 42.4 Å². The van der Waals surface area contributed by atoms with Crippen LogP contribution in [0.1, 0.15) is 32.6 Å². The Labute approximate surface area is 162 Å². The van der Waals surface area contributed by atoms with Gasteiger partial charge in [0.05, 0.1) is 5.57 Å². The third-order valence-electron chi connectivity index (χ3n) is 5.65. The molecule has 1 aromatic heterocycles. The Kier molecular flexibility index (Phi) is 4.64. The number of thiophene rings is 1. The predicted molar refractivity (Wildman–Crippen MR) is 99.6 cm³/mol. The smallest absolute Gasteiger partial charge is 0.335 e. The minimum atomic E-state index is -3.55. The molecule has 0 N–H and O–H groups in total. The summed E-state index contributed by atoms with van der Waals surface area (Å²) in [5, 5.41) is 1.73. The zero-order chi connectivity index (χ0) is 19.2. The quantitative estimate of drug-likeness (QED) is 0.709. The Balaban J connectivity index is 1.57. The van der Waals surface area contributed by atoms with Gasteiger partial charge in [0.15, 0.2) is 0 Å². The van der Waals surface area contributed by atoms with Crippen molar-refractivity contribution in [2.75, 3.05) is 26.2 Å². The summed E-state index contributed by atoms with van der Waals surface area (Å²) in [4.78, 5) is 27.1. The van der Waals surface area contributed by atoms with Crippen LogP contribution in [0.4, 0.5) is 0 Å². The SMILES string of the molecule is CC1=C(C(=O)N2CCCC2)C2(CCN(S(=O)(=O)c3cccs3)CC2)OC1=O. The van der Waals surface area contributed by atoms with Crippen molar-refractivity contribution in [1.82, 2.24) is 9.21 Å². The molecule has 4 rings (SSSR count). The van der Waals surface area contributed by atoms with E-state index in [0.717, 1.165) is 12.8 Å². The Bertz CT molecular complexity index is 890. The monoisotopic (exact) mass is 410 g/mol. The van der Waals surface area contributed by atoms with Gasteiger partial charge in [0.2, 0.25) is 0 Å². The van der Waals surface area contributed by atoms with Gasteiger partial charge in [-0.05, 0) is 31.2 Å². The molecule has 0 bridgehead atoms. The van der Waals surface area contributed by atoms with Crippen molar-refractivity contribution >= 4 is 33.2 Å². The number of esters is 1. The van der Waals surface area contributed by atoms with E-state index >= 15 is 0 Å². The molecule has 1 amide bonds. The molecule has 3 aliphatic rings. The second-order valence-corrected chi connectivity index (χ2v) is 10.3. The fourth-order valence-corrected chi connectivity index (χ4v) is 6.75. The number of carbonyl (C=O) groups is 2. The van der Waals surface area contributed by atoms with Gasteiger partial charge in [0, 0.05) is 44.6 Å². The number of hydrogen-bond acceptors (Lipinski definition) is 6. The molecule has 3 aliphatic heterocycles. The zero-order valence-corrected chi connectivity index (χ0v) is 16.8. The molecule has 0 atom stereocenters. The zero-order valence-electron chi connectivity index (χ0n) is 15.1. The van der Waals surface area contributed by atoms with Crippen LogP contribution in [0.3, 0.4) is 0 Å². The van der Waals surface area contributed by atoms with Crippen molar-refractivity contribution in [3.8, 4) is 0 Å². The van der Waals surface area contributed by atoms with Crippen LogP contribution >= 0.6 is 11.3 Å². The molecule has 1 aromatic rings. The van der Waals surface area contributed by atoms with Gasteiger partial charge in [-0.1, -0.05) is 6.07 Å². The van der Waals surface area contributed by atoms with E-state index in [2.05, 4.69) is 0 Å². The van der Waals surface area contributed by atoms with Crippen LogP contribution in [0, 0.1) is 0 Å². The minimum Gasteiger partial charge on any atom is -0.450 e. The van der Waals surface area contributed by atoms with Gasteiger partial charge in [-0.2, -0.15) is 4.31 Å². The van der Waals surface area contributed by atoms with E-state index in [1.165, 1.54) is 15.6 Å². The Morgan fingerprint density at radius 1 is 1.19 bits per heavy atom. The van der Waals surface area contributed by atoms with Crippen LogP contribution < -0.4 is 0 Å². The summed E-state index contributed by atoms with van der Waals surface area (Å²) in [5.74, 6) is -0.600. The molecular formula is C18H22N2O5S2. The van der Waals surface area contributed by atoms with Gasteiger partial charge in [-0.25, -0.2) is 13.2 Å². The molecule has 7 nitrogen and oxygen atoms in total. The van der Waals surface area contributed by atoms with Crippen molar-refractivity contribution in [3.05, 3.63) is 28.7 Å². The van der Waals surface area contributed by atoms with Crippen molar-refractivity contribution < 1.29 is 22.7 Å². The third-order valence-corrected chi connectivity index (χ3v) is 8.92. The molecule has 146 valence electrons. The highest BCUT2D eigenvalue weighted by atomic mass is 32.2. The van der Waals surface area contributed by atoms with Crippen LogP contribution in [-0.2, 0) is 24.3 Å². The molecule has 2 saturated heterocycles. The number of amides is 1. The maximum atomic E-state index is 13.0. The Hall–Kier alpha value is -1.71. The fourth-order valence-electron chi connectivity index (χ4n) is 4.16. The van der Waals surface area contributed by atoms with Gasteiger partial charge in [0.25, 0.3) is 15.9 Å². The van der Waals surface area contributed by atoms with Crippen molar-refractivity contribution in [2.24, 2.45) is 0 Å². The van der Waals surface area contributed by atoms with Crippen LogP contribution in [0.2, 0.25) is 0 Å². The summed E-state index contributed by atoms with van der Waals surface area (Å²) in [6.07, 6.45) is 2.53. The van der Waals surface area contributed by atoms with E-state index in [0.29, 0.717) is 41.3 Å². The molecule has 9 heteroatoms. The average Bonchev–Trinajstić information content (AvgIpc) is 3.38. The van der Waals surface area contributed by atoms with Crippen LogP contribution in [0.25, 0.3) is 0 Å². The first-order chi connectivity index (χ1) is 12.8. The largest absolute Gasteiger partial charge is 0.450 e. The normalized spacial score (nSPS) is 23.3. The van der Waals surface area contributed by atoms with Crippen LogP contribution in [0.15, 0.2) is 32.9 Å². The van der Waals surface area contributed by atoms with Crippen molar-refractivity contribution in [3.63, 3.8) is 0 Å². The molecule has 0 radical (unpaired) electrons. The summed E-state index contributed by atoms with van der Waals surface area (Å²) >= 11 is 1.19. The van der Waals surface area contributed by atoms with Gasteiger partial charge in [-0.3, -0.25) is 4.79 Å². The van der Waals surface area contributed by atoms with E-state index in [1.807, 2.05) is 0 Å². The minimum absolute atomic E-state index is 0.134. The molecule has 0 saturated carbocycles. The van der Waals surface area contributed by atoms with E-state index in [1.54, 1.807) is 29.3 Å². The number of ether oxygens (including phenoxy) is 1. The van der Waals surface area contributed by atoms with E-state index in [4.69, 9.17) is 4.74 Å². The lowest BCUT2D eigenvalue weighted by atomic mass is 9.83. The number of likely N-dealkylation sites (tertiary alicyclic amines) is 1. The van der Waals surface area contributed by atoms with E-state index < -0.39 is 21.6 Å². The highest BCUT2D eigenvalue weighted by molar-refractivity contribution is 7.91. The maximum absolute atomic E-state index is 13.0. The van der Waals surface area contributed by atoms with Gasteiger partial charge < -0.3 is 9.64 Å². The molecular weight excluding hydrogens is 388 g/mol. The predicted octanol–water partition coefficient (Wildman–Crippen LogP) is 1.77. The molecule has 1 spiro atoms. The first-order valence-electron chi connectivity index (χ1n) is 9.13. The number of sulfonamides is 1. The maximum Gasteiger partial charge on any atom is 0.335 e. The molecule has 4 heterocycles.